The van der Waals surface area contributed by atoms with Crippen molar-refractivity contribution in [2.24, 2.45) is 0 Å². The van der Waals surface area contributed by atoms with E-state index in [1.165, 1.54) is 0 Å². The molecule has 0 saturated heterocycles. The minimum atomic E-state index is 0.700. The van der Waals surface area contributed by atoms with Gasteiger partial charge in [0, 0.05) is 37.6 Å². The average Bonchev–Trinajstić information content (AvgIpc) is 3.26. The lowest BCUT2D eigenvalue weighted by Crippen LogP contribution is -1.86. The van der Waals surface area contributed by atoms with E-state index < -0.39 is 0 Å². The largest absolute Gasteiger partial charge is 0.454 e. The number of aromatic amines is 1. The monoisotopic (exact) mass is 368 g/mol. The molecule has 0 aliphatic rings. The molecule has 6 aromatic rings. The van der Waals surface area contributed by atoms with Gasteiger partial charge in [-0.05, 0) is 24.3 Å². The van der Waals surface area contributed by atoms with E-state index in [-0.39, 0.29) is 0 Å². The molecule has 0 spiro atoms. The van der Waals surface area contributed by atoms with Crippen molar-refractivity contribution >= 4 is 55.5 Å². The Morgan fingerprint density at radius 3 is 2.37 bits per heavy atom. The van der Waals surface area contributed by atoms with Gasteiger partial charge in [-0.3, -0.25) is 0 Å². The summed E-state index contributed by atoms with van der Waals surface area (Å²) < 4.78 is 6.29. The molecule has 3 nitrogen and oxygen atoms in total. The summed E-state index contributed by atoms with van der Waals surface area (Å²) in [6, 6.07) is 24.1. The second kappa shape index (κ2) is 5.35. The van der Waals surface area contributed by atoms with E-state index in [4.69, 9.17) is 21.0 Å². The Balaban J connectivity index is 1.88. The number of halogens is 1. The molecule has 0 bridgehead atoms. The van der Waals surface area contributed by atoms with E-state index in [2.05, 4.69) is 29.2 Å². The summed E-state index contributed by atoms with van der Waals surface area (Å²) in [4.78, 5) is 8.41. The van der Waals surface area contributed by atoms with Crippen LogP contribution in [0.3, 0.4) is 0 Å². The first-order chi connectivity index (χ1) is 13.3. The van der Waals surface area contributed by atoms with Gasteiger partial charge in [-0.1, -0.05) is 60.1 Å². The molecule has 0 saturated carbocycles. The fraction of sp³-hybridized carbons (Fsp3) is 0. The number of hydrogen-bond donors (Lipinski definition) is 1. The van der Waals surface area contributed by atoms with Crippen molar-refractivity contribution < 1.29 is 4.42 Å². The maximum Gasteiger partial charge on any atom is 0.162 e. The number of nitrogens with one attached hydrogen (secondary N) is 1. The Morgan fingerprint density at radius 2 is 1.52 bits per heavy atom. The van der Waals surface area contributed by atoms with Crippen molar-refractivity contribution in [1.82, 2.24) is 9.97 Å². The predicted octanol–water partition coefficient (Wildman–Crippen LogP) is 6.94. The third-order valence-corrected chi connectivity index (χ3v) is 5.34. The summed E-state index contributed by atoms with van der Waals surface area (Å²) in [6.45, 7) is 0. The fourth-order valence-electron chi connectivity index (χ4n) is 3.89. The number of H-pyrrole nitrogens is 1. The molecule has 0 amide bonds. The van der Waals surface area contributed by atoms with E-state index in [0.717, 1.165) is 55.1 Å². The predicted molar refractivity (Wildman–Crippen MR) is 111 cm³/mol. The molecule has 128 valence electrons. The van der Waals surface area contributed by atoms with Crippen LogP contribution < -0.4 is 0 Å². The van der Waals surface area contributed by atoms with Crippen molar-refractivity contribution in [3.8, 4) is 11.3 Å². The molecule has 27 heavy (non-hydrogen) atoms. The topological polar surface area (TPSA) is 41.8 Å². The maximum atomic E-state index is 6.29. The van der Waals surface area contributed by atoms with Gasteiger partial charge in [0.2, 0.25) is 0 Å². The number of nitrogens with zero attached hydrogens (tertiary/aromatic N) is 1. The first-order valence-corrected chi connectivity index (χ1v) is 9.15. The zero-order chi connectivity index (χ0) is 18.0. The van der Waals surface area contributed by atoms with Crippen LogP contribution >= 0.6 is 11.6 Å². The van der Waals surface area contributed by atoms with Crippen LogP contribution in [-0.2, 0) is 0 Å². The summed E-state index contributed by atoms with van der Waals surface area (Å²) in [6.07, 6.45) is 0. The molecule has 0 aliphatic heterocycles. The Labute approximate surface area is 159 Å². The molecule has 1 N–H and O–H groups in total. The molecule has 0 aliphatic carbocycles. The van der Waals surface area contributed by atoms with Gasteiger partial charge in [0.1, 0.15) is 16.9 Å². The van der Waals surface area contributed by atoms with Gasteiger partial charge >= 0.3 is 0 Å². The van der Waals surface area contributed by atoms with Crippen molar-refractivity contribution in [3.05, 3.63) is 77.8 Å². The van der Waals surface area contributed by atoms with Crippen LogP contribution in [0.4, 0.5) is 0 Å². The highest BCUT2D eigenvalue weighted by Crippen LogP contribution is 2.41. The maximum absolute atomic E-state index is 6.29. The quantitative estimate of drug-likeness (QED) is 0.341. The number of furan rings is 1. The van der Waals surface area contributed by atoms with Crippen LogP contribution in [0.15, 0.2) is 77.2 Å². The van der Waals surface area contributed by atoms with Gasteiger partial charge in [-0.15, -0.1) is 0 Å². The van der Waals surface area contributed by atoms with E-state index in [0.29, 0.717) is 5.02 Å². The molecule has 6 rings (SSSR count). The van der Waals surface area contributed by atoms with Gasteiger partial charge in [0.05, 0.1) is 0 Å². The third-order valence-electron chi connectivity index (χ3n) is 5.09. The number of aromatic nitrogens is 2. The summed E-state index contributed by atoms with van der Waals surface area (Å²) in [5.74, 6) is 0. The number of fused-ring (bicyclic) bond motifs is 7. The number of benzene rings is 3. The zero-order valence-electron chi connectivity index (χ0n) is 14.2. The van der Waals surface area contributed by atoms with E-state index in [9.17, 15) is 0 Å². The van der Waals surface area contributed by atoms with Crippen LogP contribution in [0, 0.1) is 0 Å². The number of rotatable bonds is 1. The minimum absolute atomic E-state index is 0.700. The van der Waals surface area contributed by atoms with Crippen LogP contribution in [-0.4, -0.2) is 9.97 Å². The average molecular weight is 369 g/mol. The van der Waals surface area contributed by atoms with E-state index >= 15 is 0 Å². The van der Waals surface area contributed by atoms with Crippen LogP contribution in [0.25, 0.3) is 55.1 Å². The fourth-order valence-corrected chi connectivity index (χ4v) is 4.02. The summed E-state index contributed by atoms with van der Waals surface area (Å²) >= 11 is 6.08. The highest BCUT2D eigenvalue weighted by molar-refractivity contribution is 6.31. The normalized spacial score (nSPS) is 11.9. The number of pyridine rings is 1. The SMILES string of the molecule is Clc1ccc(-c2nc3[nH]c4ccccc4c3c3c2oc2ccccc23)cc1. The summed E-state index contributed by atoms with van der Waals surface area (Å²) in [5, 5.41) is 5.15. The lowest BCUT2D eigenvalue weighted by Gasteiger charge is -2.04. The van der Waals surface area contributed by atoms with E-state index in [1.54, 1.807) is 0 Å². The molecule has 0 unspecified atom stereocenters. The molecule has 0 fully saturated rings. The van der Waals surface area contributed by atoms with Crippen LogP contribution in [0.5, 0.6) is 0 Å². The molecule has 0 atom stereocenters. The third kappa shape index (κ3) is 2.06. The standard InChI is InChI=1S/C23H13ClN2O/c24-14-11-9-13(10-12-14)21-22-19(16-6-2-4-8-18(16)27-22)20-15-5-1-3-7-17(15)25-23(20)26-21/h1-12H,(H,25,26). The second-order valence-electron chi connectivity index (χ2n) is 6.66. The molecule has 3 aromatic carbocycles. The Hall–Kier alpha value is -3.30. The Bertz CT molecular complexity index is 1480. The molecular formula is C23H13ClN2O. The van der Waals surface area contributed by atoms with Gasteiger partial charge in [0.25, 0.3) is 0 Å². The first-order valence-electron chi connectivity index (χ1n) is 8.77. The highest BCUT2D eigenvalue weighted by atomic mass is 35.5. The molecule has 3 heterocycles. The molecule has 4 heteroatoms. The van der Waals surface area contributed by atoms with Gasteiger partial charge in [-0.2, -0.15) is 0 Å². The highest BCUT2D eigenvalue weighted by Gasteiger charge is 2.20. The Morgan fingerprint density at radius 1 is 0.778 bits per heavy atom. The van der Waals surface area contributed by atoms with E-state index in [1.807, 2.05) is 48.5 Å². The van der Waals surface area contributed by atoms with Gasteiger partial charge < -0.3 is 9.40 Å². The first kappa shape index (κ1) is 14.8. The van der Waals surface area contributed by atoms with Crippen molar-refractivity contribution in [3.63, 3.8) is 0 Å². The van der Waals surface area contributed by atoms with Crippen molar-refractivity contribution in [2.45, 2.75) is 0 Å². The Kier molecular flexibility index (Phi) is 2.94. The van der Waals surface area contributed by atoms with Crippen molar-refractivity contribution in [1.29, 1.82) is 0 Å². The van der Waals surface area contributed by atoms with Crippen LogP contribution in [0.2, 0.25) is 5.02 Å². The molecular weight excluding hydrogens is 356 g/mol. The van der Waals surface area contributed by atoms with Gasteiger partial charge in [-0.25, -0.2) is 4.98 Å². The van der Waals surface area contributed by atoms with Crippen LogP contribution in [0.1, 0.15) is 0 Å². The van der Waals surface area contributed by atoms with Crippen molar-refractivity contribution in [2.75, 3.05) is 0 Å². The van der Waals surface area contributed by atoms with Gasteiger partial charge in [0.15, 0.2) is 5.58 Å². The number of para-hydroxylation sites is 2. The minimum Gasteiger partial charge on any atom is -0.454 e. The second-order valence-corrected chi connectivity index (χ2v) is 7.10. The zero-order valence-corrected chi connectivity index (χ0v) is 14.9. The lowest BCUT2D eigenvalue weighted by atomic mass is 10.0. The molecule has 3 aromatic heterocycles. The summed E-state index contributed by atoms with van der Waals surface area (Å²) in [7, 11) is 0. The smallest absolute Gasteiger partial charge is 0.162 e. The lowest BCUT2D eigenvalue weighted by molar-refractivity contribution is 0.668. The summed E-state index contributed by atoms with van der Waals surface area (Å²) in [5.41, 5.74) is 5.39. The molecule has 0 radical (unpaired) electrons. The number of hydrogen-bond acceptors (Lipinski definition) is 2.